The molecule has 544 valence electrons. The molecule has 0 saturated heterocycles. The normalized spacial score (nSPS) is 14.1. The topological polar surface area (TPSA) is 37.7 Å². The Morgan fingerprint density at radius 1 is 0.214 bits per heavy atom. The summed E-state index contributed by atoms with van der Waals surface area (Å²) in [5, 5.41) is 6.95. The number of fused-ring (bicyclic) bond motifs is 28. The highest BCUT2D eigenvalue weighted by molar-refractivity contribution is 6.13. The van der Waals surface area contributed by atoms with Crippen LogP contribution in [0.3, 0.4) is 0 Å². The minimum Gasteiger partial charge on any atom is -0.459 e. The molecule has 117 heavy (non-hydrogen) atoms. The number of benzene rings is 18. The average molecular weight is 1490 g/mol. The Morgan fingerprint density at radius 3 is 1.21 bits per heavy atom. The highest BCUT2D eigenvalue weighted by atomic mass is 16.3. The van der Waals surface area contributed by atoms with Crippen molar-refractivity contribution < 1.29 is 8.83 Å². The maximum atomic E-state index is 7.22. The van der Waals surface area contributed by atoms with Gasteiger partial charge in [-0.15, -0.1) is 0 Å². The maximum absolute atomic E-state index is 7.22. The van der Waals surface area contributed by atoms with Gasteiger partial charge >= 0.3 is 0 Å². The van der Waals surface area contributed by atoms with E-state index in [2.05, 4.69) is 433 Å². The van der Waals surface area contributed by atoms with Gasteiger partial charge in [0.05, 0.1) is 16.7 Å². The zero-order valence-electron chi connectivity index (χ0n) is 63.5. The van der Waals surface area contributed by atoms with Crippen LogP contribution in [-0.4, -0.2) is 4.57 Å². The highest BCUT2D eigenvalue weighted by Gasteiger charge is 2.57. The number of hydrogen-bond donors (Lipinski definition) is 0. The summed E-state index contributed by atoms with van der Waals surface area (Å²) in [5.74, 6) is 1.99. The lowest BCUT2D eigenvalue weighted by atomic mass is 9.72. The summed E-state index contributed by atoms with van der Waals surface area (Å²) < 4.78 is 16.8. The van der Waals surface area contributed by atoms with Crippen LogP contribution in [-0.2, 0) is 10.8 Å². The summed E-state index contributed by atoms with van der Waals surface area (Å²) in [4.78, 5) is 4.89. The first-order valence-electron chi connectivity index (χ1n) is 40.4. The largest absolute Gasteiger partial charge is 0.459 e. The van der Waals surface area contributed by atoms with Crippen molar-refractivity contribution in [3.05, 3.63) is 463 Å². The molecule has 0 bridgehead atoms. The molecule has 18 aromatic carbocycles. The Kier molecular flexibility index (Phi) is 14.0. The predicted octanol–water partition coefficient (Wildman–Crippen LogP) is 29.7. The first kappa shape index (κ1) is 65.3. The van der Waals surface area contributed by atoms with E-state index in [9.17, 15) is 0 Å². The fourth-order valence-corrected chi connectivity index (χ4v) is 20.8. The molecule has 4 aliphatic rings. The van der Waals surface area contributed by atoms with Gasteiger partial charge in [-0.1, -0.05) is 303 Å². The van der Waals surface area contributed by atoms with E-state index in [0.717, 1.165) is 118 Å². The number of hydrogen-bond acceptors (Lipinski definition) is 4. The Hall–Kier alpha value is -15.3. The second-order valence-electron chi connectivity index (χ2n) is 31.6. The first-order chi connectivity index (χ1) is 58.0. The Balaban J connectivity index is 0.576. The van der Waals surface area contributed by atoms with E-state index in [0.29, 0.717) is 0 Å². The molecule has 5 heteroatoms. The minimum absolute atomic E-state index is 0.612. The molecular weight excluding hydrogens is 1420 g/mol. The van der Waals surface area contributed by atoms with Crippen LogP contribution >= 0.6 is 0 Å². The molecule has 0 radical (unpaired) electrons. The molecule has 21 aromatic rings. The third-order valence-corrected chi connectivity index (χ3v) is 25.8. The monoisotopic (exact) mass is 1490 g/mol. The fourth-order valence-electron chi connectivity index (χ4n) is 20.8. The smallest absolute Gasteiger partial charge is 0.135 e. The summed E-state index contributed by atoms with van der Waals surface area (Å²) in [7, 11) is 0. The van der Waals surface area contributed by atoms with Crippen LogP contribution < -0.4 is 9.80 Å². The van der Waals surface area contributed by atoms with Crippen LogP contribution in [0, 0.1) is 0 Å². The maximum Gasteiger partial charge on any atom is 0.135 e. The quantitative estimate of drug-likeness (QED) is 0.129. The van der Waals surface area contributed by atoms with Gasteiger partial charge in [0, 0.05) is 72.4 Å². The van der Waals surface area contributed by atoms with E-state index in [1.165, 1.54) is 111 Å². The Bertz CT molecular complexity index is 7630. The summed E-state index contributed by atoms with van der Waals surface area (Å²) in [6, 6.07) is 155. The Labute approximate surface area is 676 Å². The summed E-state index contributed by atoms with van der Waals surface area (Å²) in [6.45, 7) is 0. The molecule has 1 unspecified atom stereocenters. The second-order valence-corrected chi connectivity index (χ2v) is 31.6. The van der Waals surface area contributed by atoms with E-state index in [1.807, 2.05) is 0 Å². The molecule has 0 amide bonds. The molecule has 0 fully saturated rings. The highest BCUT2D eigenvalue weighted by Crippen LogP contribution is 2.68. The molecule has 4 aliphatic carbocycles. The van der Waals surface area contributed by atoms with Gasteiger partial charge in [0.25, 0.3) is 0 Å². The van der Waals surface area contributed by atoms with Crippen LogP contribution in [0.1, 0.15) is 44.9 Å². The van der Waals surface area contributed by atoms with Crippen LogP contribution in [0.25, 0.3) is 149 Å². The lowest BCUT2D eigenvalue weighted by Gasteiger charge is -2.30. The van der Waals surface area contributed by atoms with Crippen molar-refractivity contribution in [3.8, 4) is 94.7 Å². The van der Waals surface area contributed by atoms with Gasteiger partial charge in [-0.05, 0) is 232 Å². The molecule has 0 N–H and O–H groups in total. The lowest BCUT2D eigenvalue weighted by Crippen LogP contribution is -2.25. The SMILES string of the molecule is c1ccc(-c2ccc(N(c3ccc(-c4ccc5c(c4)C4(c6ccccc6-c6ccccc64)c4oc6ccccc6c4-5)cc3)c3ccc4ccc(-c5ccc(-n6c7ccccc7c7cc(N(c8ccc(-c9ccccc9)cc8)c8cccc9c8-c8ccccc8C98c9ccccc9-c9c8oc8ccccc98)ccc76)cc5)cc4c3)cc2)cc1. The second kappa shape index (κ2) is 25.1. The van der Waals surface area contributed by atoms with E-state index < -0.39 is 10.8 Å². The number of furan rings is 2. The van der Waals surface area contributed by atoms with Gasteiger partial charge in [-0.25, -0.2) is 0 Å². The van der Waals surface area contributed by atoms with Crippen molar-refractivity contribution in [1.29, 1.82) is 0 Å². The number of anilines is 6. The molecular formula is C112H69N3O2. The summed E-state index contributed by atoms with van der Waals surface area (Å²) in [5.41, 5.74) is 36.7. The predicted molar refractivity (Wildman–Crippen MR) is 482 cm³/mol. The molecule has 3 aromatic heterocycles. The molecule has 2 spiro atoms. The Morgan fingerprint density at radius 2 is 0.607 bits per heavy atom. The van der Waals surface area contributed by atoms with Crippen molar-refractivity contribution in [1.82, 2.24) is 4.57 Å². The van der Waals surface area contributed by atoms with Gasteiger partial charge in [0.1, 0.15) is 33.5 Å². The number of aromatic nitrogens is 1. The van der Waals surface area contributed by atoms with Gasteiger partial charge in [-0.3, -0.25) is 0 Å². The average Bonchev–Trinajstić information content (AvgIpc) is 1.50. The van der Waals surface area contributed by atoms with Crippen LogP contribution in [0.2, 0.25) is 0 Å². The summed E-state index contributed by atoms with van der Waals surface area (Å²) in [6.07, 6.45) is 0. The van der Waals surface area contributed by atoms with Crippen molar-refractivity contribution >= 4 is 88.6 Å². The number of para-hydroxylation sites is 3. The van der Waals surface area contributed by atoms with Gasteiger partial charge in [-0.2, -0.15) is 0 Å². The lowest BCUT2D eigenvalue weighted by molar-refractivity contribution is 0.506. The first-order valence-corrected chi connectivity index (χ1v) is 40.4. The third-order valence-electron chi connectivity index (χ3n) is 25.8. The van der Waals surface area contributed by atoms with Gasteiger partial charge in [0.15, 0.2) is 0 Å². The molecule has 0 aliphatic heterocycles. The molecule has 25 rings (SSSR count). The van der Waals surface area contributed by atoms with E-state index in [1.54, 1.807) is 0 Å². The van der Waals surface area contributed by atoms with Crippen LogP contribution in [0.4, 0.5) is 34.1 Å². The van der Waals surface area contributed by atoms with Crippen LogP contribution in [0.15, 0.2) is 427 Å². The molecule has 0 saturated carbocycles. The molecule has 1 atom stereocenters. The van der Waals surface area contributed by atoms with Crippen molar-refractivity contribution in [2.75, 3.05) is 9.80 Å². The number of rotatable bonds is 11. The van der Waals surface area contributed by atoms with Crippen molar-refractivity contribution in [3.63, 3.8) is 0 Å². The zero-order chi connectivity index (χ0) is 76.6. The van der Waals surface area contributed by atoms with Crippen molar-refractivity contribution in [2.45, 2.75) is 10.8 Å². The van der Waals surface area contributed by atoms with E-state index in [-0.39, 0.29) is 0 Å². The summed E-state index contributed by atoms with van der Waals surface area (Å²) >= 11 is 0. The van der Waals surface area contributed by atoms with E-state index in [4.69, 9.17) is 8.83 Å². The van der Waals surface area contributed by atoms with Gasteiger partial charge in [0.2, 0.25) is 0 Å². The van der Waals surface area contributed by atoms with Gasteiger partial charge < -0.3 is 23.2 Å². The van der Waals surface area contributed by atoms with Crippen molar-refractivity contribution in [2.24, 2.45) is 0 Å². The third kappa shape index (κ3) is 9.36. The fraction of sp³-hybridized carbons (Fsp3) is 0.0179. The minimum atomic E-state index is -0.684. The van der Waals surface area contributed by atoms with E-state index >= 15 is 0 Å². The standard InChI is InChI=1S/C112H69N3O2/c1-3-22-70(23-4-1)72-44-54-80(55-45-72)113(81-56-48-75(49-57-81)78-53-64-91-100(68-78)112(110-107(91)93-32-13-20-41-105(93)117-110)95-33-14-7-26-86(95)87-27-8-15-34-96(87)112)84-62-52-76-42-43-77(66-79(76)67-84)74-50-60-83(61-51-74)115-101-38-18-11-28-88(101)94-69-85(63-65-102(94)115)114(82-58-46-73(47-59-82)71-24-5-2-6-25-71)103-39-21-37-99-108(103)90-30-10-17-36-98(90)111(99)97-35-16-9-29-89(97)106-92-31-12-19-40-104(92)116-109(106)111/h1-69H. The molecule has 5 nitrogen and oxygen atoms in total. The number of nitrogens with zero attached hydrogens (tertiary/aromatic N) is 3. The van der Waals surface area contributed by atoms with Crippen LogP contribution in [0.5, 0.6) is 0 Å². The molecule has 3 heterocycles. The zero-order valence-corrected chi connectivity index (χ0v) is 63.5.